The molecule has 0 aliphatic carbocycles. The smallest absolute Gasteiger partial charge is 0.126 e. The molecule has 0 fully saturated rings. The predicted octanol–water partition coefficient (Wildman–Crippen LogP) is 1.99. The van der Waals surface area contributed by atoms with E-state index in [0.717, 1.165) is 30.3 Å². The summed E-state index contributed by atoms with van der Waals surface area (Å²) in [5.74, 6) is 2.48. The Morgan fingerprint density at radius 1 is 1.46 bits per heavy atom. The van der Waals surface area contributed by atoms with Crippen molar-refractivity contribution < 1.29 is 0 Å². The van der Waals surface area contributed by atoms with E-state index in [1.807, 2.05) is 6.92 Å². The van der Waals surface area contributed by atoms with Gasteiger partial charge in [0.1, 0.15) is 11.6 Å². The van der Waals surface area contributed by atoms with Crippen LogP contribution in [-0.4, -0.2) is 9.55 Å². The molecule has 0 spiro atoms. The Labute approximate surface area is 80.0 Å². The van der Waals surface area contributed by atoms with E-state index in [4.69, 9.17) is 5.73 Å². The predicted molar refractivity (Wildman–Crippen MR) is 55.6 cm³/mol. The van der Waals surface area contributed by atoms with E-state index >= 15 is 0 Å². The average Bonchev–Trinajstić information content (AvgIpc) is 2.26. The van der Waals surface area contributed by atoms with Crippen molar-refractivity contribution in [2.45, 2.75) is 40.7 Å². The first-order chi connectivity index (χ1) is 6.06. The van der Waals surface area contributed by atoms with Gasteiger partial charge in [0.15, 0.2) is 0 Å². The van der Waals surface area contributed by atoms with Gasteiger partial charge in [-0.1, -0.05) is 13.8 Å². The van der Waals surface area contributed by atoms with Gasteiger partial charge in [0.25, 0.3) is 0 Å². The molecule has 1 rings (SSSR count). The third-order valence-electron chi connectivity index (χ3n) is 2.19. The first kappa shape index (κ1) is 10.1. The summed E-state index contributed by atoms with van der Waals surface area (Å²) in [4.78, 5) is 4.46. The quantitative estimate of drug-likeness (QED) is 0.775. The largest absolute Gasteiger partial charge is 0.384 e. The maximum absolute atomic E-state index is 5.96. The number of nitrogen functional groups attached to an aromatic ring is 1. The van der Waals surface area contributed by atoms with E-state index in [2.05, 4.69) is 30.3 Å². The summed E-state index contributed by atoms with van der Waals surface area (Å²) < 4.78 is 2.05. The van der Waals surface area contributed by atoms with E-state index in [0.29, 0.717) is 5.92 Å². The zero-order chi connectivity index (χ0) is 10.0. The minimum absolute atomic E-state index is 0.613. The van der Waals surface area contributed by atoms with Crippen LogP contribution in [0.2, 0.25) is 0 Å². The van der Waals surface area contributed by atoms with Gasteiger partial charge in [-0.2, -0.15) is 0 Å². The normalized spacial score (nSPS) is 11.2. The molecule has 3 nitrogen and oxygen atoms in total. The molecule has 13 heavy (non-hydrogen) atoms. The van der Waals surface area contributed by atoms with Crippen molar-refractivity contribution in [3.63, 3.8) is 0 Å². The Morgan fingerprint density at radius 2 is 2.08 bits per heavy atom. The number of hydrogen-bond acceptors (Lipinski definition) is 2. The number of aromatic nitrogens is 2. The van der Waals surface area contributed by atoms with Crippen LogP contribution in [0.4, 0.5) is 5.82 Å². The molecule has 74 valence electrons. The average molecular weight is 181 g/mol. The second-order valence-electron chi connectivity index (χ2n) is 3.83. The fourth-order valence-corrected chi connectivity index (χ4v) is 1.58. The molecule has 0 radical (unpaired) electrons. The second-order valence-corrected chi connectivity index (χ2v) is 3.83. The monoisotopic (exact) mass is 181 g/mol. The Bertz CT molecular complexity index is 287. The van der Waals surface area contributed by atoms with Gasteiger partial charge in [0, 0.05) is 6.54 Å². The Morgan fingerprint density at radius 3 is 2.46 bits per heavy atom. The molecule has 0 saturated heterocycles. The van der Waals surface area contributed by atoms with Crippen molar-refractivity contribution in [1.29, 1.82) is 0 Å². The van der Waals surface area contributed by atoms with Gasteiger partial charge in [0.2, 0.25) is 0 Å². The fourth-order valence-electron chi connectivity index (χ4n) is 1.58. The number of aryl methyl sites for hydroxylation is 1. The summed E-state index contributed by atoms with van der Waals surface area (Å²) in [5.41, 5.74) is 7.01. The van der Waals surface area contributed by atoms with E-state index in [1.54, 1.807) is 0 Å². The summed E-state index contributed by atoms with van der Waals surface area (Å²) in [6, 6.07) is 0. The first-order valence-electron chi connectivity index (χ1n) is 4.87. The van der Waals surface area contributed by atoms with Crippen LogP contribution in [0, 0.1) is 12.8 Å². The molecule has 0 unspecified atom stereocenters. The summed E-state index contributed by atoms with van der Waals surface area (Å²) >= 11 is 0. The van der Waals surface area contributed by atoms with Gasteiger partial charge in [-0.15, -0.1) is 0 Å². The summed E-state index contributed by atoms with van der Waals surface area (Å²) in [6.07, 6.45) is 0.972. The molecule has 0 amide bonds. The van der Waals surface area contributed by atoms with Crippen LogP contribution >= 0.6 is 0 Å². The third kappa shape index (κ3) is 2.02. The number of rotatable bonds is 3. The molecule has 3 heteroatoms. The van der Waals surface area contributed by atoms with Crippen LogP contribution < -0.4 is 5.73 Å². The van der Waals surface area contributed by atoms with Gasteiger partial charge in [-0.05, 0) is 26.2 Å². The van der Waals surface area contributed by atoms with Crippen molar-refractivity contribution in [1.82, 2.24) is 9.55 Å². The molecule has 0 bridgehead atoms. The minimum atomic E-state index is 0.613. The van der Waals surface area contributed by atoms with Gasteiger partial charge >= 0.3 is 0 Å². The molecular formula is C10H19N3. The van der Waals surface area contributed by atoms with E-state index < -0.39 is 0 Å². The lowest BCUT2D eigenvalue weighted by atomic mass is 10.1. The summed E-state index contributed by atoms with van der Waals surface area (Å²) in [6.45, 7) is 9.36. The first-order valence-corrected chi connectivity index (χ1v) is 4.87. The summed E-state index contributed by atoms with van der Waals surface area (Å²) in [5, 5.41) is 0. The van der Waals surface area contributed by atoms with Crippen LogP contribution in [-0.2, 0) is 13.0 Å². The molecular weight excluding hydrogens is 162 g/mol. The molecule has 2 N–H and O–H groups in total. The van der Waals surface area contributed by atoms with Crippen molar-refractivity contribution in [3.05, 3.63) is 11.5 Å². The molecule has 1 heterocycles. The van der Waals surface area contributed by atoms with Gasteiger partial charge in [-0.25, -0.2) is 4.98 Å². The topological polar surface area (TPSA) is 43.8 Å². The Balaban J connectivity index is 2.96. The van der Waals surface area contributed by atoms with Crippen LogP contribution in [0.25, 0.3) is 0 Å². The highest BCUT2D eigenvalue weighted by Crippen LogP contribution is 2.17. The Hall–Kier alpha value is -0.990. The van der Waals surface area contributed by atoms with Crippen LogP contribution in [0.15, 0.2) is 0 Å². The number of nitrogens with zero attached hydrogens (tertiary/aromatic N) is 2. The third-order valence-corrected chi connectivity index (χ3v) is 2.19. The lowest BCUT2D eigenvalue weighted by Gasteiger charge is -2.04. The SMILES string of the molecule is CCn1c(C)nc(CC(C)C)c1N. The van der Waals surface area contributed by atoms with Crippen molar-refractivity contribution >= 4 is 5.82 Å². The zero-order valence-corrected chi connectivity index (χ0v) is 8.96. The van der Waals surface area contributed by atoms with Crippen LogP contribution in [0.1, 0.15) is 32.3 Å². The zero-order valence-electron chi connectivity index (χ0n) is 8.96. The van der Waals surface area contributed by atoms with Crippen LogP contribution in [0.5, 0.6) is 0 Å². The molecule has 0 aromatic carbocycles. The highest BCUT2D eigenvalue weighted by Gasteiger charge is 2.11. The minimum Gasteiger partial charge on any atom is -0.384 e. The van der Waals surface area contributed by atoms with Crippen LogP contribution in [0.3, 0.4) is 0 Å². The maximum atomic E-state index is 5.96. The van der Waals surface area contributed by atoms with E-state index in [9.17, 15) is 0 Å². The maximum Gasteiger partial charge on any atom is 0.126 e. The molecule has 1 aromatic rings. The van der Waals surface area contributed by atoms with Gasteiger partial charge in [0.05, 0.1) is 5.69 Å². The molecule has 0 atom stereocenters. The highest BCUT2D eigenvalue weighted by atomic mass is 15.1. The molecule has 0 aliphatic rings. The lowest BCUT2D eigenvalue weighted by Crippen LogP contribution is -2.04. The van der Waals surface area contributed by atoms with Gasteiger partial charge < -0.3 is 10.3 Å². The number of hydrogen-bond donors (Lipinski definition) is 1. The summed E-state index contributed by atoms with van der Waals surface area (Å²) in [7, 11) is 0. The van der Waals surface area contributed by atoms with E-state index in [1.165, 1.54) is 0 Å². The Kier molecular flexibility index (Phi) is 2.96. The lowest BCUT2D eigenvalue weighted by molar-refractivity contribution is 0.638. The number of nitrogens with two attached hydrogens (primary N) is 1. The molecule has 0 saturated carbocycles. The van der Waals surface area contributed by atoms with Crippen molar-refractivity contribution in [3.8, 4) is 0 Å². The number of anilines is 1. The fraction of sp³-hybridized carbons (Fsp3) is 0.700. The standard InChI is InChI=1S/C10H19N3/c1-5-13-8(4)12-9(10(13)11)6-7(2)3/h7H,5-6,11H2,1-4H3. The van der Waals surface area contributed by atoms with Gasteiger partial charge in [-0.3, -0.25) is 0 Å². The molecule has 0 aliphatic heterocycles. The van der Waals surface area contributed by atoms with Crippen molar-refractivity contribution in [2.24, 2.45) is 5.92 Å². The highest BCUT2D eigenvalue weighted by molar-refractivity contribution is 5.38. The van der Waals surface area contributed by atoms with Crippen molar-refractivity contribution in [2.75, 3.05) is 5.73 Å². The number of imidazole rings is 1. The van der Waals surface area contributed by atoms with E-state index in [-0.39, 0.29) is 0 Å². The molecule has 1 aromatic heterocycles. The second kappa shape index (κ2) is 3.81.